The number of nitrogens with one attached hydrogen (secondary N) is 1. The van der Waals surface area contributed by atoms with Gasteiger partial charge in [-0.1, -0.05) is 60.7 Å². The first-order chi connectivity index (χ1) is 16.8. The maximum Gasteiger partial charge on any atom is 0.416 e. The lowest BCUT2D eigenvalue weighted by Crippen LogP contribution is -2.27. The summed E-state index contributed by atoms with van der Waals surface area (Å²) in [6.45, 7) is 2.04. The fraction of sp³-hybridized carbons (Fsp3) is 0.143. The van der Waals surface area contributed by atoms with E-state index >= 15 is 0 Å². The number of benzene rings is 3. The maximum absolute atomic E-state index is 13.1. The summed E-state index contributed by atoms with van der Waals surface area (Å²) in [6, 6.07) is 23.6. The van der Waals surface area contributed by atoms with E-state index in [0.717, 1.165) is 28.6 Å². The predicted molar refractivity (Wildman–Crippen MR) is 129 cm³/mol. The maximum atomic E-state index is 13.1. The van der Waals surface area contributed by atoms with Crippen LogP contribution in [0, 0.1) is 11.3 Å². The molecule has 4 nitrogen and oxygen atoms in total. The lowest BCUT2D eigenvalue weighted by Gasteiger charge is -2.13. The number of hydrogen-bond acceptors (Lipinski definition) is 2. The Hall–Kier alpha value is -4.31. The van der Waals surface area contributed by atoms with Crippen LogP contribution >= 0.6 is 0 Å². The van der Waals surface area contributed by atoms with Crippen molar-refractivity contribution < 1.29 is 18.0 Å². The van der Waals surface area contributed by atoms with Crippen LogP contribution in [0.1, 0.15) is 35.2 Å². The normalized spacial score (nSPS) is 12.8. The van der Waals surface area contributed by atoms with Crippen LogP contribution in [0.15, 0.2) is 90.6 Å². The van der Waals surface area contributed by atoms with Crippen molar-refractivity contribution in [1.82, 2.24) is 9.88 Å². The first kappa shape index (κ1) is 23.8. The van der Waals surface area contributed by atoms with E-state index in [0.29, 0.717) is 11.1 Å². The number of alkyl halides is 3. The summed E-state index contributed by atoms with van der Waals surface area (Å²) in [5.74, 6) is -0.501. The lowest BCUT2D eigenvalue weighted by atomic mass is 10.1. The molecule has 1 amide bonds. The van der Waals surface area contributed by atoms with Crippen LogP contribution in [0.4, 0.5) is 13.2 Å². The van der Waals surface area contributed by atoms with Crippen LogP contribution in [0.25, 0.3) is 17.0 Å². The average Bonchev–Trinajstić information content (AvgIpc) is 3.19. The predicted octanol–water partition coefficient (Wildman–Crippen LogP) is 6.49. The van der Waals surface area contributed by atoms with E-state index in [4.69, 9.17) is 0 Å². The number of carbonyl (C=O) groups excluding carboxylic acids is 1. The highest BCUT2D eigenvalue weighted by Crippen LogP contribution is 2.30. The van der Waals surface area contributed by atoms with E-state index in [9.17, 15) is 23.2 Å². The number of nitrogens with zero attached hydrogens (tertiary/aromatic N) is 2. The molecule has 0 unspecified atom stereocenters. The minimum Gasteiger partial charge on any atom is -0.345 e. The minimum absolute atomic E-state index is 0.0604. The van der Waals surface area contributed by atoms with E-state index < -0.39 is 17.6 Å². The molecule has 3 aromatic carbocycles. The highest BCUT2D eigenvalue weighted by molar-refractivity contribution is 6.04. The van der Waals surface area contributed by atoms with Gasteiger partial charge in [0.15, 0.2) is 0 Å². The fourth-order valence-electron chi connectivity index (χ4n) is 3.97. The summed E-state index contributed by atoms with van der Waals surface area (Å²) >= 11 is 0. The molecule has 0 saturated carbocycles. The van der Waals surface area contributed by atoms with Crippen LogP contribution in [0.2, 0.25) is 0 Å². The SMILES string of the molecule is C[C@@H](NC(=O)/C(C#N)=C/c1cn(Cc2cccc(C(F)(F)F)c2)c2ccccc12)c1ccccc1. The third-order valence-electron chi connectivity index (χ3n) is 5.74. The summed E-state index contributed by atoms with van der Waals surface area (Å²) < 4.78 is 41.2. The Morgan fingerprint density at radius 1 is 1.06 bits per heavy atom. The molecule has 0 aliphatic heterocycles. The van der Waals surface area contributed by atoms with Gasteiger partial charge >= 0.3 is 6.18 Å². The lowest BCUT2D eigenvalue weighted by molar-refractivity contribution is -0.137. The molecule has 0 saturated heterocycles. The van der Waals surface area contributed by atoms with Crippen molar-refractivity contribution in [2.45, 2.75) is 25.7 Å². The van der Waals surface area contributed by atoms with Gasteiger partial charge in [0.1, 0.15) is 11.6 Å². The van der Waals surface area contributed by atoms with Gasteiger partial charge in [-0.15, -0.1) is 0 Å². The molecule has 4 aromatic rings. The van der Waals surface area contributed by atoms with Gasteiger partial charge in [-0.3, -0.25) is 4.79 Å². The van der Waals surface area contributed by atoms with Crippen LogP contribution in [-0.4, -0.2) is 10.5 Å². The van der Waals surface area contributed by atoms with Crippen molar-refractivity contribution in [3.8, 4) is 6.07 Å². The summed E-state index contributed by atoms with van der Waals surface area (Å²) in [5.41, 5.74) is 2.05. The number of amides is 1. The number of fused-ring (bicyclic) bond motifs is 1. The van der Waals surface area contributed by atoms with Crippen molar-refractivity contribution in [1.29, 1.82) is 5.26 Å². The van der Waals surface area contributed by atoms with Crippen molar-refractivity contribution in [3.63, 3.8) is 0 Å². The molecule has 176 valence electrons. The number of hydrogen-bond donors (Lipinski definition) is 1. The third-order valence-corrected chi connectivity index (χ3v) is 5.74. The molecule has 1 aromatic heterocycles. The fourth-order valence-corrected chi connectivity index (χ4v) is 3.97. The molecule has 0 bridgehead atoms. The van der Waals surface area contributed by atoms with Gasteiger partial charge in [-0.25, -0.2) is 0 Å². The zero-order chi connectivity index (χ0) is 25.0. The molecule has 1 N–H and O–H groups in total. The highest BCUT2D eigenvalue weighted by atomic mass is 19.4. The Kier molecular flexibility index (Phi) is 6.74. The monoisotopic (exact) mass is 473 g/mol. The van der Waals surface area contributed by atoms with E-state index in [1.54, 1.807) is 12.3 Å². The van der Waals surface area contributed by atoms with Crippen molar-refractivity contribution >= 4 is 22.9 Å². The number of para-hydroxylation sites is 1. The Labute approximate surface area is 200 Å². The number of halogens is 3. The zero-order valence-corrected chi connectivity index (χ0v) is 18.9. The van der Waals surface area contributed by atoms with E-state index in [2.05, 4.69) is 5.32 Å². The van der Waals surface area contributed by atoms with Crippen molar-refractivity contribution in [2.75, 3.05) is 0 Å². The topological polar surface area (TPSA) is 57.8 Å². The van der Waals surface area contributed by atoms with E-state index in [1.165, 1.54) is 12.1 Å². The molecule has 35 heavy (non-hydrogen) atoms. The van der Waals surface area contributed by atoms with Crippen molar-refractivity contribution in [2.24, 2.45) is 0 Å². The Morgan fingerprint density at radius 2 is 1.77 bits per heavy atom. The number of aromatic nitrogens is 1. The van der Waals surface area contributed by atoms with Crippen LogP contribution < -0.4 is 5.32 Å². The summed E-state index contributed by atoms with van der Waals surface area (Å²) in [4.78, 5) is 12.8. The summed E-state index contributed by atoms with van der Waals surface area (Å²) in [6.07, 6.45) is -1.16. The molecule has 4 rings (SSSR count). The first-order valence-corrected chi connectivity index (χ1v) is 11.0. The van der Waals surface area contributed by atoms with Gasteiger partial charge in [-0.05, 0) is 42.3 Å². The van der Waals surface area contributed by atoms with E-state index in [1.807, 2.05) is 72.2 Å². The molecule has 0 aliphatic carbocycles. The number of nitriles is 1. The smallest absolute Gasteiger partial charge is 0.345 e. The quantitative estimate of drug-likeness (QED) is 0.257. The molecule has 0 aliphatic rings. The summed E-state index contributed by atoms with van der Waals surface area (Å²) in [5, 5.41) is 13.3. The van der Waals surface area contributed by atoms with E-state index in [-0.39, 0.29) is 18.2 Å². The van der Waals surface area contributed by atoms with Gasteiger partial charge in [0.2, 0.25) is 0 Å². The molecular formula is C28H22F3N3O. The molecular weight excluding hydrogens is 451 g/mol. The third kappa shape index (κ3) is 5.44. The molecule has 0 radical (unpaired) electrons. The molecule has 1 atom stereocenters. The van der Waals surface area contributed by atoms with Crippen LogP contribution in [0.3, 0.4) is 0 Å². The Bertz CT molecular complexity index is 1430. The largest absolute Gasteiger partial charge is 0.416 e. The second kappa shape index (κ2) is 9.90. The second-order valence-corrected chi connectivity index (χ2v) is 8.20. The van der Waals surface area contributed by atoms with Gasteiger partial charge in [-0.2, -0.15) is 18.4 Å². The molecule has 0 fully saturated rings. The molecule has 1 heterocycles. The first-order valence-electron chi connectivity index (χ1n) is 11.0. The second-order valence-electron chi connectivity index (χ2n) is 8.20. The van der Waals surface area contributed by atoms with Gasteiger partial charge in [0, 0.05) is 29.2 Å². The summed E-state index contributed by atoms with van der Waals surface area (Å²) in [7, 11) is 0. The average molecular weight is 473 g/mol. The van der Waals surface area contributed by atoms with Gasteiger partial charge < -0.3 is 9.88 Å². The van der Waals surface area contributed by atoms with Gasteiger partial charge in [0.05, 0.1) is 11.6 Å². The van der Waals surface area contributed by atoms with Crippen LogP contribution in [0.5, 0.6) is 0 Å². The van der Waals surface area contributed by atoms with Crippen LogP contribution in [-0.2, 0) is 17.5 Å². The standard InChI is InChI=1S/C28H22F3N3O/c1-19(21-9-3-2-4-10-21)33-27(35)22(16-32)15-23-18-34(26-13-6-5-12-25(23)26)17-20-8-7-11-24(14-20)28(29,30)31/h2-15,18-19H,17H2,1H3,(H,33,35)/b22-15+/t19-/m1/s1. The number of carbonyl (C=O) groups is 1. The van der Waals surface area contributed by atoms with Gasteiger partial charge in [0.25, 0.3) is 5.91 Å². The number of rotatable bonds is 6. The Balaban J connectivity index is 1.64. The minimum atomic E-state index is -4.42. The Morgan fingerprint density at radius 3 is 2.49 bits per heavy atom. The molecule has 0 spiro atoms. The molecule has 7 heteroatoms. The van der Waals surface area contributed by atoms with Crippen molar-refractivity contribution in [3.05, 3.63) is 113 Å². The zero-order valence-electron chi connectivity index (χ0n) is 18.9. The highest BCUT2D eigenvalue weighted by Gasteiger charge is 2.30.